The van der Waals surface area contributed by atoms with Crippen LogP contribution in [0.25, 0.3) is 0 Å². The van der Waals surface area contributed by atoms with Gasteiger partial charge in [-0.15, -0.1) is 0 Å². The second-order valence-electron chi connectivity index (χ2n) is 5.15. The van der Waals surface area contributed by atoms with Crippen molar-refractivity contribution < 1.29 is 0 Å². The Hall–Kier alpha value is -1.02. The summed E-state index contributed by atoms with van der Waals surface area (Å²) in [7, 11) is 4.15. The molecule has 0 unspecified atom stereocenters. The first kappa shape index (κ1) is 15.0. The van der Waals surface area contributed by atoms with E-state index in [-0.39, 0.29) is 0 Å². The summed E-state index contributed by atoms with van der Waals surface area (Å²) in [5.41, 5.74) is 2.63. The van der Waals surface area contributed by atoms with Crippen LogP contribution in [-0.4, -0.2) is 20.6 Å². The number of nitrogens with one attached hydrogen (secondary N) is 1. The van der Waals surface area contributed by atoms with E-state index in [2.05, 4.69) is 55.5 Å². The Balaban J connectivity index is 2.12. The molecule has 1 rings (SSSR count). The molecule has 1 N–H and O–H groups in total. The van der Waals surface area contributed by atoms with Crippen LogP contribution in [0.3, 0.4) is 0 Å². The highest BCUT2D eigenvalue weighted by Crippen LogP contribution is 2.12. The summed E-state index contributed by atoms with van der Waals surface area (Å²) in [6.07, 6.45) is 6.75. The van der Waals surface area contributed by atoms with Gasteiger partial charge in [0.05, 0.1) is 0 Å². The summed E-state index contributed by atoms with van der Waals surface area (Å²) in [5.74, 6) is 0. The Morgan fingerprint density at radius 1 is 0.944 bits per heavy atom. The van der Waals surface area contributed by atoms with Crippen molar-refractivity contribution in [2.24, 2.45) is 0 Å². The van der Waals surface area contributed by atoms with E-state index in [1.165, 1.54) is 43.4 Å². The van der Waals surface area contributed by atoms with E-state index in [0.29, 0.717) is 0 Å². The summed E-state index contributed by atoms with van der Waals surface area (Å²) >= 11 is 0. The second-order valence-corrected chi connectivity index (χ2v) is 5.15. The van der Waals surface area contributed by atoms with E-state index in [4.69, 9.17) is 0 Å². The van der Waals surface area contributed by atoms with Gasteiger partial charge < -0.3 is 10.2 Å². The van der Waals surface area contributed by atoms with Crippen LogP contribution in [0.5, 0.6) is 0 Å². The molecule has 0 atom stereocenters. The molecule has 0 aromatic heterocycles. The molecule has 1 aromatic rings. The fraction of sp³-hybridized carbons (Fsp3) is 0.625. The SMILES string of the molecule is CCCCCCCNCc1ccc(N(C)C)cc1. The third-order valence-corrected chi connectivity index (χ3v) is 3.24. The smallest absolute Gasteiger partial charge is 0.0361 e. The monoisotopic (exact) mass is 248 g/mol. The van der Waals surface area contributed by atoms with Crippen molar-refractivity contribution in [2.45, 2.75) is 45.6 Å². The van der Waals surface area contributed by atoms with Crippen molar-refractivity contribution in [1.29, 1.82) is 0 Å². The maximum Gasteiger partial charge on any atom is 0.0361 e. The van der Waals surface area contributed by atoms with Gasteiger partial charge in [-0.2, -0.15) is 0 Å². The van der Waals surface area contributed by atoms with Gasteiger partial charge in [-0.05, 0) is 30.7 Å². The molecule has 2 nitrogen and oxygen atoms in total. The standard InChI is InChI=1S/C16H28N2/c1-4-5-6-7-8-13-17-14-15-9-11-16(12-10-15)18(2)3/h9-12,17H,4-8,13-14H2,1-3H3. The average Bonchev–Trinajstić information content (AvgIpc) is 2.38. The molecule has 2 heteroatoms. The van der Waals surface area contributed by atoms with Gasteiger partial charge >= 0.3 is 0 Å². The fourth-order valence-electron chi connectivity index (χ4n) is 2.00. The maximum atomic E-state index is 3.51. The van der Waals surface area contributed by atoms with E-state index in [1.54, 1.807) is 0 Å². The quantitative estimate of drug-likeness (QED) is 0.668. The molecule has 0 saturated heterocycles. The van der Waals surface area contributed by atoms with Crippen LogP contribution >= 0.6 is 0 Å². The Labute approximate surface area is 112 Å². The lowest BCUT2D eigenvalue weighted by Gasteiger charge is -2.12. The van der Waals surface area contributed by atoms with Gasteiger partial charge in [-0.3, -0.25) is 0 Å². The van der Waals surface area contributed by atoms with Crippen LogP contribution in [0.1, 0.15) is 44.6 Å². The Morgan fingerprint density at radius 2 is 1.61 bits per heavy atom. The number of nitrogens with zero attached hydrogens (tertiary/aromatic N) is 1. The maximum absolute atomic E-state index is 3.51. The van der Waals surface area contributed by atoms with Crippen molar-refractivity contribution in [2.75, 3.05) is 25.5 Å². The zero-order chi connectivity index (χ0) is 13.2. The largest absolute Gasteiger partial charge is 0.378 e. The minimum Gasteiger partial charge on any atom is -0.378 e. The Bertz CT molecular complexity index is 303. The number of hydrogen-bond acceptors (Lipinski definition) is 2. The zero-order valence-corrected chi connectivity index (χ0v) is 12.2. The summed E-state index contributed by atoms with van der Waals surface area (Å²) in [6, 6.07) is 8.77. The summed E-state index contributed by atoms with van der Waals surface area (Å²) < 4.78 is 0. The van der Waals surface area contributed by atoms with E-state index in [0.717, 1.165) is 13.1 Å². The number of unbranched alkanes of at least 4 members (excludes halogenated alkanes) is 4. The molecule has 0 heterocycles. The van der Waals surface area contributed by atoms with Crippen molar-refractivity contribution in [3.05, 3.63) is 29.8 Å². The van der Waals surface area contributed by atoms with Crippen LogP contribution in [0.2, 0.25) is 0 Å². The predicted octanol–water partition coefficient (Wildman–Crippen LogP) is 3.81. The highest BCUT2D eigenvalue weighted by Gasteiger charge is 1.96. The molecule has 0 amide bonds. The molecule has 102 valence electrons. The molecule has 0 radical (unpaired) electrons. The van der Waals surface area contributed by atoms with Gasteiger partial charge in [-0.25, -0.2) is 0 Å². The van der Waals surface area contributed by atoms with Crippen molar-refractivity contribution in [3.8, 4) is 0 Å². The van der Waals surface area contributed by atoms with Gasteiger partial charge in [-0.1, -0.05) is 44.7 Å². The molecule has 0 aliphatic heterocycles. The third kappa shape index (κ3) is 6.06. The minimum atomic E-state index is 0.988. The molecular formula is C16H28N2. The molecule has 0 aliphatic rings. The topological polar surface area (TPSA) is 15.3 Å². The van der Waals surface area contributed by atoms with Crippen molar-refractivity contribution in [3.63, 3.8) is 0 Å². The number of rotatable bonds is 9. The first-order valence-corrected chi connectivity index (χ1v) is 7.21. The lowest BCUT2D eigenvalue weighted by atomic mass is 10.1. The van der Waals surface area contributed by atoms with Gasteiger partial charge in [0.15, 0.2) is 0 Å². The van der Waals surface area contributed by atoms with Crippen LogP contribution in [0.4, 0.5) is 5.69 Å². The van der Waals surface area contributed by atoms with Crippen molar-refractivity contribution in [1.82, 2.24) is 5.32 Å². The van der Waals surface area contributed by atoms with E-state index in [1.807, 2.05) is 0 Å². The normalized spacial score (nSPS) is 10.6. The molecule has 0 aliphatic carbocycles. The molecule has 0 bridgehead atoms. The third-order valence-electron chi connectivity index (χ3n) is 3.24. The first-order valence-electron chi connectivity index (χ1n) is 7.21. The zero-order valence-electron chi connectivity index (χ0n) is 12.2. The molecule has 1 aromatic carbocycles. The molecule has 0 fully saturated rings. The molecular weight excluding hydrogens is 220 g/mol. The molecule has 18 heavy (non-hydrogen) atoms. The van der Waals surface area contributed by atoms with Crippen LogP contribution in [-0.2, 0) is 6.54 Å². The van der Waals surface area contributed by atoms with Crippen LogP contribution in [0.15, 0.2) is 24.3 Å². The summed E-state index contributed by atoms with van der Waals surface area (Å²) in [6.45, 7) is 4.39. The van der Waals surface area contributed by atoms with Gasteiger partial charge in [0.1, 0.15) is 0 Å². The van der Waals surface area contributed by atoms with Gasteiger partial charge in [0, 0.05) is 26.3 Å². The van der Waals surface area contributed by atoms with E-state index < -0.39 is 0 Å². The summed E-state index contributed by atoms with van der Waals surface area (Å²) in [4.78, 5) is 2.13. The number of hydrogen-bond donors (Lipinski definition) is 1. The second kappa shape index (κ2) is 8.98. The van der Waals surface area contributed by atoms with Gasteiger partial charge in [0.2, 0.25) is 0 Å². The predicted molar refractivity (Wildman–Crippen MR) is 81.2 cm³/mol. The highest BCUT2D eigenvalue weighted by molar-refractivity contribution is 5.45. The number of anilines is 1. The van der Waals surface area contributed by atoms with E-state index in [9.17, 15) is 0 Å². The first-order chi connectivity index (χ1) is 8.74. The van der Waals surface area contributed by atoms with Crippen LogP contribution in [0, 0.1) is 0 Å². The Kier molecular flexibility index (Phi) is 7.51. The Morgan fingerprint density at radius 3 is 2.22 bits per heavy atom. The highest BCUT2D eigenvalue weighted by atomic mass is 15.1. The fourth-order valence-corrected chi connectivity index (χ4v) is 2.00. The average molecular weight is 248 g/mol. The summed E-state index contributed by atoms with van der Waals surface area (Å²) in [5, 5.41) is 3.51. The number of benzene rings is 1. The molecule has 0 spiro atoms. The van der Waals surface area contributed by atoms with E-state index >= 15 is 0 Å². The van der Waals surface area contributed by atoms with Crippen molar-refractivity contribution >= 4 is 5.69 Å². The van der Waals surface area contributed by atoms with Gasteiger partial charge in [0.25, 0.3) is 0 Å². The minimum absolute atomic E-state index is 0.988. The lowest BCUT2D eigenvalue weighted by Crippen LogP contribution is -2.15. The lowest BCUT2D eigenvalue weighted by molar-refractivity contribution is 0.583. The van der Waals surface area contributed by atoms with Crippen LogP contribution < -0.4 is 10.2 Å². The molecule has 0 saturated carbocycles.